The molecular formula is C27H24N8O3. The van der Waals surface area contributed by atoms with E-state index in [0.29, 0.717) is 43.4 Å². The van der Waals surface area contributed by atoms with Gasteiger partial charge in [-0.3, -0.25) is 10.2 Å². The van der Waals surface area contributed by atoms with Crippen LogP contribution >= 0.6 is 0 Å². The van der Waals surface area contributed by atoms with Gasteiger partial charge in [-0.2, -0.15) is 10.3 Å². The highest BCUT2D eigenvalue weighted by Gasteiger charge is 2.27. The first kappa shape index (κ1) is 24.6. The molecule has 38 heavy (non-hydrogen) atoms. The van der Waals surface area contributed by atoms with Crippen molar-refractivity contribution in [3.8, 4) is 6.07 Å². The molecule has 0 unspecified atom stereocenters. The van der Waals surface area contributed by atoms with Crippen LogP contribution in [0.2, 0.25) is 0 Å². The van der Waals surface area contributed by atoms with Gasteiger partial charge in [0.25, 0.3) is 11.9 Å². The second-order valence-electron chi connectivity index (χ2n) is 8.43. The number of nitrogens with zero attached hydrogens (tertiary/aromatic N) is 5. The van der Waals surface area contributed by atoms with Crippen molar-refractivity contribution in [3.05, 3.63) is 89.2 Å². The van der Waals surface area contributed by atoms with E-state index in [1.165, 1.54) is 0 Å². The summed E-state index contributed by atoms with van der Waals surface area (Å²) in [5, 5.41) is 20.7. The fourth-order valence-electron chi connectivity index (χ4n) is 4.20. The number of anilines is 2. The molecule has 0 bridgehead atoms. The maximum absolute atomic E-state index is 13.0. The number of hydrogen-bond acceptors (Lipinski definition) is 9. The van der Waals surface area contributed by atoms with E-state index in [1.54, 1.807) is 18.2 Å². The van der Waals surface area contributed by atoms with Crippen molar-refractivity contribution in [3.63, 3.8) is 0 Å². The zero-order valence-electron chi connectivity index (χ0n) is 20.3. The number of morpholine rings is 1. The van der Waals surface area contributed by atoms with Crippen molar-refractivity contribution in [2.45, 2.75) is 6.17 Å². The van der Waals surface area contributed by atoms with Crippen molar-refractivity contribution in [2.24, 2.45) is 15.7 Å². The molecule has 0 aliphatic carbocycles. The summed E-state index contributed by atoms with van der Waals surface area (Å²) in [6.07, 6.45) is -1.26. The van der Waals surface area contributed by atoms with E-state index in [0.717, 1.165) is 11.1 Å². The van der Waals surface area contributed by atoms with Gasteiger partial charge in [0.15, 0.2) is 0 Å². The minimum Gasteiger partial charge on any atom is -0.405 e. The molecule has 3 aromatic rings. The third kappa shape index (κ3) is 5.21. The van der Waals surface area contributed by atoms with Crippen LogP contribution in [0.1, 0.15) is 22.5 Å². The summed E-state index contributed by atoms with van der Waals surface area (Å²) < 4.78 is 10.9. The Labute approximate surface area is 218 Å². The summed E-state index contributed by atoms with van der Waals surface area (Å²) >= 11 is 0. The number of benzene rings is 2. The number of aromatic nitrogens is 1. The predicted octanol–water partition coefficient (Wildman–Crippen LogP) is 2.26. The third-order valence-corrected chi connectivity index (χ3v) is 5.98. The number of amides is 1. The molecule has 5 rings (SSSR count). The lowest BCUT2D eigenvalue weighted by atomic mass is 10.0. The number of benzodiazepines with no additional fused rings is 1. The molecule has 4 N–H and O–H groups in total. The van der Waals surface area contributed by atoms with Gasteiger partial charge >= 0.3 is 0 Å². The highest BCUT2D eigenvalue weighted by atomic mass is 16.5. The number of amidine groups is 1. The number of nitrogens with two attached hydrogens (primary N) is 1. The monoisotopic (exact) mass is 508 g/mol. The average molecular weight is 509 g/mol. The zero-order valence-corrected chi connectivity index (χ0v) is 20.3. The normalized spacial score (nSPS) is 17.4. The first-order valence-corrected chi connectivity index (χ1v) is 11.9. The Kier molecular flexibility index (Phi) is 7.06. The van der Waals surface area contributed by atoms with Crippen LogP contribution in [-0.4, -0.2) is 61.0 Å². The molecule has 1 amide bonds. The topological polar surface area (TPSA) is 162 Å². The van der Waals surface area contributed by atoms with Crippen LogP contribution in [0.25, 0.3) is 0 Å². The van der Waals surface area contributed by atoms with Gasteiger partial charge in [0.2, 0.25) is 12.1 Å². The molecule has 0 saturated carbocycles. The minimum atomic E-state index is -1.26. The molecule has 0 radical (unpaired) electrons. The van der Waals surface area contributed by atoms with Crippen LogP contribution < -0.4 is 16.0 Å². The number of carbonyl (C=O) groups is 1. The summed E-state index contributed by atoms with van der Waals surface area (Å²) in [4.78, 5) is 28.1. The van der Waals surface area contributed by atoms with E-state index < -0.39 is 24.0 Å². The van der Waals surface area contributed by atoms with Gasteiger partial charge in [-0.25, -0.2) is 9.98 Å². The Balaban J connectivity index is 1.45. The first-order chi connectivity index (χ1) is 18.5. The van der Waals surface area contributed by atoms with Crippen molar-refractivity contribution in [1.29, 1.82) is 10.7 Å². The molecule has 0 spiro atoms. The number of ether oxygens (including phenoxy) is 2. The summed E-state index contributed by atoms with van der Waals surface area (Å²) in [7, 11) is 0. The lowest BCUT2D eigenvalue weighted by molar-refractivity contribution is -0.117. The summed E-state index contributed by atoms with van der Waals surface area (Å²) in [6, 6.07) is 21.6. The molecule has 1 saturated heterocycles. The number of fused-ring (bicyclic) bond motifs is 1. The zero-order chi connectivity index (χ0) is 26.5. The third-order valence-electron chi connectivity index (χ3n) is 5.98. The summed E-state index contributed by atoms with van der Waals surface area (Å²) in [5.41, 5.74) is 9.62. The van der Waals surface area contributed by atoms with Crippen molar-refractivity contribution in [2.75, 3.05) is 36.5 Å². The van der Waals surface area contributed by atoms with E-state index >= 15 is 0 Å². The second kappa shape index (κ2) is 10.9. The largest absolute Gasteiger partial charge is 0.405 e. The smallest absolute Gasteiger partial charge is 0.291 e. The number of carbonyl (C=O) groups excluding carboxylic acids is 1. The fraction of sp³-hybridized carbons (Fsp3) is 0.185. The Bertz CT molecular complexity index is 1470. The fourth-order valence-corrected chi connectivity index (χ4v) is 4.20. The molecule has 3 heterocycles. The van der Waals surface area contributed by atoms with Crippen LogP contribution in [0.15, 0.2) is 76.7 Å². The van der Waals surface area contributed by atoms with Gasteiger partial charge in [-0.15, -0.1) is 0 Å². The SMILES string of the molecule is N#Cc1ccc(N2CCOCC2)c(C(=N)OC(N)=N[C@H]2N=C(c3ccccc3)c3ccccc3NC2=O)n1. The Morgan fingerprint density at radius 1 is 1.13 bits per heavy atom. The Morgan fingerprint density at radius 3 is 2.63 bits per heavy atom. The molecule has 190 valence electrons. The molecule has 2 aliphatic heterocycles. The number of hydrogen-bond donors (Lipinski definition) is 3. The number of nitrogens with one attached hydrogen (secondary N) is 2. The highest BCUT2D eigenvalue weighted by Crippen LogP contribution is 2.25. The van der Waals surface area contributed by atoms with E-state index in [9.17, 15) is 10.1 Å². The molecule has 2 aliphatic rings. The molecular weight excluding hydrogens is 484 g/mol. The molecule has 11 heteroatoms. The summed E-state index contributed by atoms with van der Waals surface area (Å²) in [5.74, 6) is -0.908. The van der Waals surface area contributed by atoms with Gasteiger partial charge < -0.3 is 25.4 Å². The Morgan fingerprint density at radius 2 is 1.87 bits per heavy atom. The lowest BCUT2D eigenvalue weighted by Gasteiger charge is -2.30. The van der Waals surface area contributed by atoms with Crippen LogP contribution in [0, 0.1) is 16.7 Å². The van der Waals surface area contributed by atoms with Gasteiger partial charge in [0, 0.05) is 24.2 Å². The molecule has 11 nitrogen and oxygen atoms in total. The van der Waals surface area contributed by atoms with E-state index in [-0.39, 0.29) is 11.4 Å². The van der Waals surface area contributed by atoms with Gasteiger partial charge in [0.05, 0.1) is 30.3 Å². The standard InChI is InChI=1S/C27H24N8O3/c28-16-18-10-11-21(35-12-14-37-15-13-35)23(31-18)24(29)38-27(30)34-25-26(36)32-20-9-5-4-8-19(20)22(33-25)17-6-2-1-3-7-17/h1-11,25,29H,12-15H2,(H2,30,34)(H,32,36)/t25-/m1/s1. The van der Waals surface area contributed by atoms with E-state index in [4.69, 9.17) is 20.6 Å². The average Bonchev–Trinajstić information content (AvgIpc) is 3.09. The summed E-state index contributed by atoms with van der Waals surface area (Å²) in [6.45, 7) is 2.24. The molecule has 1 fully saturated rings. The molecule has 1 aromatic heterocycles. The Hall–Kier alpha value is -5.08. The minimum absolute atomic E-state index is 0.124. The number of pyridine rings is 1. The maximum atomic E-state index is 13.0. The number of para-hydroxylation sites is 1. The lowest BCUT2D eigenvalue weighted by Crippen LogP contribution is -2.37. The van der Waals surface area contributed by atoms with Crippen molar-refractivity contribution < 1.29 is 14.3 Å². The van der Waals surface area contributed by atoms with Crippen molar-refractivity contribution in [1.82, 2.24) is 4.98 Å². The van der Waals surface area contributed by atoms with E-state index in [2.05, 4.69) is 20.3 Å². The predicted molar refractivity (Wildman–Crippen MR) is 142 cm³/mol. The van der Waals surface area contributed by atoms with Crippen molar-refractivity contribution >= 4 is 34.9 Å². The van der Waals surface area contributed by atoms with Crippen LogP contribution in [0.4, 0.5) is 11.4 Å². The number of rotatable bonds is 4. The van der Waals surface area contributed by atoms with Crippen LogP contribution in [0.3, 0.4) is 0 Å². The number of aliphatic imine (C=N–C) groups is 2. The van der Waals surface area contributed by atoms with Crippen LogP contribution in [0.5, 0.6) is 0 Å². The van der Waals surface area contributed by atoms with Crippen LogP contribution in [-0.2, 0) is 14.3 Å². The van der Waals surface area contributed by atoms with E-state index in [1.807, 2.05) is 59.5 Å². The molecule has 2 aromatic carbocycles. The highest BCUT2D eigenvalue weighted by molar-refractivity contribution is 6.19. The van der Waals surface area contributed by atoms with Gasteiger partial charge in [-0.1, -0.05) is 48.5 Å². The van der Waals surface area contributed by atoms with Gasteiger partial charge in [0.1, 0.15) is 17.5 Å². The molecule has 1 atom stereocenters. The first-order valence-electron chi connectivity index (χ1n) is 11.9. The second-order valence-corrected chi connectivity index (χ2v) is 8.43. The number of nitriles is 1. The maximum Gasteiger partial charge on any atom is 0.291 e. The quantitative estimate of drug-likeness (QED) is 0.360. The van der Waals surface area contributed by atoms with Gasteiger partial charge in [-0.05, 0) is 18.2 Å².